The second kappa shape index (κ2) is 13.2. The van der Waals surface area contributed by atoms with Crippen LogP contribution in [0, 0.1) is 34.5 Å². The number of benzene rings is 2. The number of ether oxygens (including phenoxy) is 4. The molecule has 0 aromatic heterocycles. The third-order valence-electron chi connectivity index (χ3n) is 13.5. The predicted octanol–water partition coefficient (Wildman–Crippen LogP) is 7.12. The highest BCUT2D eigenvalue weighted by molar-refractivity contribution is 6.74. The third-order valence-corrected chi connectivity index (χ3v) is 17.9. The number of hydrogen-bond acceptors (Lipinski definition) is 8. The van der Waals surface area contributed by atoms with E-state index in [1.807, 2.05) is 54.6 Å². The van der Waals surface area contributed by atoms with Crippen molar-refractivity contribution in [1.82, 2.24) is 0 Å². The van der Waals surface area contributed by atoms with Crippen LogP contribution >= 0.6 is 0 Å². The lowest BCUT2D eigenvalue weighted by Crippen LogP contribution is -2.48. The van der Waals surface area contributed by atoms with E-state index < -0.39 is 49.5 Å². The van der Waals surface area contributed by atoms with Crippen molar-refractivity contribution in [3.05, 3.63) is 71.3 Å². The number of hydrogen-bond donors (Lipinski definition) is 2. The molecular formula is C41H58O8Si. The van der Waals surface area contributed by atoms with Gasteiger partial charge in [0.15, 0.2) is 8.32 Å². The fraction of sp³-hybridized carbons (Fsp3) is 0.634. The van der Waals surface area contributed by atoms with Crippen molar-refractivity contribution in [2.75, 3.05) is 20.8 Å². The van der Waals surface area contributed by atoms with Crippen LogP contribution in [0.25, 0.3) is 0 Å². The van der Waals surface area contributed by atoms with E-state index in [9.17, 15) is 10.2 Å². The van der Waals surface area contributed by atoms with Crippen LogP contribution in [0.1, 0.15) is 65.5 Å². The lowest BCUT2D eigenvalue weighted by atomic mass is 9.62. The Morgan fingerprint density at radius 2 is 1.42 bits per heavy atom. The van der Waals surface area contributed by atoms with E-state index in [2.05, 4.69) is 54.6 Å². The van der Waals surface area contributed by atoms with Gasteiger partial charge in [-0.25, -0.2) is 0 Å². The first kappa shape index (κ1) is 37.2. The number of methoxy groups -OCH3 is 2. The molecule has 0 aliphatic heterocycles. The van der Waals surface area contributed by atoms with Crippen molar-refractivity contribution in [2.45, 2.75) is 110 Å². The zero-order chi connectivity index (χ0) is 36.4. The van der Waals surface area contributed by atoms with Gasteiger partial charge in [-0.2, -0.15) is 0 Å². The number of Topliss-reactive ketones (excluding diaryl/α,β-unsaturated/α-hetero) is 1. The van der Waals surface area contributed by atoms with Crippen LogP contribution in [-0.4, -0.2) is 69.1 Å². The summed E-state index contributed by atoms with van der Waals surface area (Å²) in [6.07, 6.45) is 0.524. The molecule has 3 saturated carbocycles. The molecule has 8 nitrogen and oxygen atoms in total. The van der Waals surface area contributed by atoms with Crippen LogP contribution in [0.5, 0.6) is 11.5 Å². The Hall–Kier alpha value is -2.53. The van der Waals surface area contributed by atoms with Crippen molar-refractivity contribution in [2.24, 2.45) is 34.5 Å². The van der Waals surface area contributed by atoms with Crippen LogP contribution in [0.2, 0.25) is 18.1 Å². The van der Waals surface area contributed by atoms with Crippen LogP contribution in [0.3, 0.4) is 0 Å². The maximum atomic E-state index is 15.4. The summed E-state index contributed by atoms with van der Waals surface area (Å²) in [5.74, 6) is 0.0604. The minimum absolute atomic E-state index is 0.0276. The molecule has 0 amide bonds. The Kier molecular flexibility index (Phi) is 9.79. The maximum Gasteiger partial charge on any atom is 0.192 e. The predicted molar refractivity (Wildman–Crippen MR) is 195 cm³/mol. The Bertz CT molecular complexity index is 1580. The van der Waals surface area contributed by atoms with Gasteiger partial charge in [0.05, 0.1) is 63.9 Å². The average Bonchev–Trinajstić information content (AvgIpc) is 3.42. The van der Waals surface area contributed by atoms with Gasteiger partial charge in [-0.05, 0) is 83.3 Å². The number of aliphatic hydroxyl groups excluding tert-OH is 2. The van der Waals surface area contributed by atoms with E-state index in [4.69, 9.17) is 23.4 Å². The summed E-state index contributed by atoms with van der Waals surface area (Å²) in [5.41, 5.74) is 0.783. The van der Waals surface area contributed by atoms with Gasteiger partial charge >= 0.3 is 0 Å². The molecule has 2 N–H and O–H groups in total. The summed E-state index contributed by atoms with van der Waals surface area (Å²) in [4.78, 5) is 15.4. The molecule has 6 rings (SSSR count). The van der Waals surface area contributed by atoms with Gasteiger partial charge in [0.25, 0.3) is 0 Å². The molecule has 9 heteroatoms. The van der Waals surface area contributed by atoms with Crippen molar-refractivity contribution in [3.63, 3.8) is 0 Å². The molecule has 3 fully saturated rings. The number of rotatable bonds is 11. The average molecular weight is 707 g/mol. The maximum absolute atomic E-state index is 15.4. The number of aliphatic hydroxyl groups is 2. The van der Waals surface area contributed by atoms with Crippen molar-refractivity contribution < 1.29 is 38.4 Å². The summed E-state index contributed by atoms with van der Waals surface area (Å²) in [6.45, 7) is 18.7. The highest BCUT2D eigenvalue weighted by atomic mass is 28.4. The number of fused-ring (bicyclic) bond motifs is 3. The molecular weight excluding hydrogens is 649 g/mol. The number of carbonyl (C=O) groups excluding carboxylic acids is 1. The topological polar surface area (TPSA) is 104 Å². The Balaban J connectivity index is 1.36. The largest absolute Gasteiger partial charge is 0.497 e. The van der Waals surface area contributed by atoms with Gasteiger partial charge in [0.2, 0.25) is 0 Å². The monoisotopic (exact) mass is 706 g/mol. The molecule has 50 heavy (non-hydrogen) atoms. The fourth-order valence-corrected chi connectivity index (χ4v) is 11.1. The third kappa shape index (κ3) is 5.99. The quantitative estimate of drug-likeness (QED) is 0.188. The van der Waals surface area contributed by atoms with E-state index in [1.165, 1.54) is 0 Å². The van der Waals surface area contributed by atoms with Gasteiger partial charge < -0.3 is 33.6 Å². The zero-order valence-corrected chi connectivity index (χ0v) is 32.6. The molecule has 0 radical (unpaired) electrons. The molecule has 0 saturated heterocycles. The molecule has 0 heterocycles. The van der Waals surface area contributed by atoms with Gasteiger partial charge in [-0.15, -0.1) is 0 Å². The van der Waals surface area contributed by atoms with E-state index in [0.29, 0.717) is 31.6 Å². The Morgan fingerprint density at radius 1 is 0.860 bits per heavy atom. The minimum Gasteiger partial charge on any atom is -0.497 e. The molecule has 1 unspecified atom stereocenters. The van der Waals surface area contributed by atoms with Gasteiger partial charge in [0.1, 0.15) is 17.3 Å². The molecule has 2 aromatic carbocycles. The van der Waals surface area contributed by atoms with E-state index in [0.717, 1.165) is 22.6 Å². The Labute approximate surface area is 299 Å². The summed E-state index contributed by atoms with van der Waals surface area (Å²) < 4.78 is 30.8. The normalized spacial score (nSPS) is 34.6. The lowest BCUT2D eigenvalue weighted by Gasteiger charge is -2.44. The SMILES string of the molecule is COc1ccc(COCC2=C[C@@H]3[C@@H](O)C(OCc4ccc(OC)cc4)C[C@]34C(=O)[C@@H]([C@@H]2O)[C@@H]2C(C)(C)[C@]2(O[Si](C)(C)C(C)(C)C)C[C@H]4C)cc1. The lowest BCUT2D eigenvalue weighted by molar-refractivity contribution is -0.141. The summed E-state index contributed by atoms with van der Waals surface area (Å²) in [7, 11) is 0.983. The van der Waals surface area contributed by atoms with E-state index >= 15 is 4.79 Å². The molecule has 2 bridgehead atoms. The second-order valence-corrected chi connectivity index (χ2v) is 22.2. The van der Waals surface area contributed by atoms with E-state index in [1.54, 1.807) is 14.2 Å². The van der Waals surface area contributed by atoms with Crippen LogP contribution in [0.4, 0.5) is 0 Å². The number of ketones is 1. The van der Waals surface area contributed by atoms with Crippen LogP contribution in [-0.2, 0) is 31.9 Å². The van der Waals surface area contributed by atoms with Gasteiger partial charge in [-0.3, -0.25) is 4.79 Å². The summed E-state index contributed by atoms with van der Waals surface area (Å²) in [6, 6.07) is 15.4. The van der Waals surface area contributed by atoms with Gasteiger partial charge in [0, 0.05) is 17.3 Å². The molecule has 4 aliphatic rings. The molecule has 9 atom stereocenters. The number of carbonyl (C=O) groups is 1. The minimum atomic E-state index is -2.29. The van der Waals surface area contributed by atoms with Gasteiger partial charge in [-0.1, -0.05) is 71.9 Å². The van der Waals surface area contributed by atoms with Crippen LogP contribution < -0.4 is 9.47 Å². The zero-order valence-electron chi connectivity index (χ0n) is 31.6. The van der Waals surface area contributed by atoms with E-state index in [-0.39, 0.29) is 34.7 Å². The summed E-state index contributed by atoms with van der Waals surface area (Å²) in [5, 5.41) is 24.4. The molecule has 1 spiro atoms. The first-order valence-electron chi connectivity index (χ1n) is 18.2. The molecule has 2 aromatic rings. The van der Waals surface area contributed by atoms with Crippen LogP contribution in [0.15, 0.2) is 60.2 Å². The first-order valence-corrected chi connectivity index (χ1v) is 21.1. The fourth-order valence-electron chi connectivity index (χ4n) is 9.45. The molecule has 4 aliphatic carbocycles. The van der Waals surface area contributed by atoms with Crippen molar-refractivity contribution >= 4 is 14.1 Å². The smallest absolute Gasteiger partial charge is 0.192 e. The Morgan fingerprint density at radius 3 is 1.96 bits per heavy atom. The highest BCUT2D eigenvalue weighted by Gasteiger charge is 2.81. The molecule has 274 valence electrons. The highest BCUT2D eigenvalue weighted by Crippen LogP contribution is 2.76. The standard InChI is InChI=1S/C41H58O8Si/c1-25-20-41(49-50(9,10)38(2,3)4)36(39(41,5)6)33-34(42)28(24-47-22-26-11-15-29(45-7)16-12-26)19-31-35(43)32(21-40(25,31)37(33)44)48-23-27-13-17-30(46-8)18-14-27/h11-19,25,31-36,42-43H,20-24H2,1-10H3/t25-,31-,32?,33+,34-,35-,36-,40-,41+/m1/s1. The van der Waals surface area contributed by atoms with Crippen molar-refractivity contribution in [3.8, 4) is 11.5 Å². The second-order valence-electron chi connectivity index (χ2n) is 17.4. The van der Waals surface area contributed by atoms with Crippen molar-refractivity contribution in [1.29, 1.82) is 0 Å². The first-order chi connectivity index (χ1) is 23.4. The summed E-state index contributed by atoms with van der Waals surface area (Å²) >= 11 is 0.